The number of amides is 4. The van der Waals surface area contributed by atoms with Crippen molar-refractivity contribution in [3.8, 4) is 0 Å². The number of nitrogens with zero attached hydrogens (tertiary/aromatic N) is 1. The number of hydrogen-bond donors (Lipinski definition) is 3. The van der Waals surface area contributed by atoms with Crippen LogP contribution in [0.4, 0.5) is 5.69 Å². The Balaban J connectivity index is 1.58. The van der Waals surface area contributed by atoms with Crippen LogP contribution >= 0.6 is 0 Å². The number of benzene rings is 2. The summed E-state index contributed by atoms with van der Waals surface area (Å²) in [6.07, 6.45) is 0. The standard InChI is InChI=1S/C19H18N4O6S/c24-16(10-20-19(27)13-4-2-1-3-5-13)21-14-6-8-15(9-7-14)30(28,29)23-11-17(25)22-18(26)12-23/h1-9H,10-12H2,(H,20,27)(H,21,24)(H,22,25,26). The van der Waals surface area contributed by atoms with E-state index in [0.29, 0.717) is 11.3 Å². The van der Waals surface area contributed by atoms with Crippen LogP contribution in [0, 0.1) is 0 Å². The van der Waals surface area contributed by atoms with Crippen LogP contribution in [0.25, 0.3) is 0 Å². The van der Waals surface area contributed by atoms with Crippen molar-refractivity contribution in [2.75, 3.05) is 25.0 Å². The number of imide groups is 1. The molecule has 0 spiro atoms. The molecule has 156 valence electrons. The third-order valence-electron chi connectivity index (χ3n) is 4.14. The predicted octanol–water partition coefficient (Wildman–Crippen LogP) is -0.298. The maximum atomic E-state index is 12.6. The smallest absolute Gasteiger partial charge is 0.251 e. The van der Waals surface area contributed by atoms with Crippen LogP contribution in [-0.2, 0) is 24.4 Å². The first kappa shape index (κ1) is 21.1. The highest BCUT2D eigenvalue weighted by molar-refractivity contribution is 7.89. The first-order valence-electron chi connectivity index (χ1n) is 8.82. The van der Waals surface area contributed by atoms with E-state index in [1.54, 1.807) is 30.3 Å². The number of carbonyl (C=O) groups excluding carboxylic acids is 4. The lowest BCUT2D eigenvalue weighted by Gasteiger charge is -2.24. The Hall–Kier alpha value is -3.57. The largest absolute Gasteiger partial charge is 0.343 e. The van der Waals surface area contributed by atoms with Gasteiger partial charge in [-0.05, 0) is 36.4 Å². The zero-order chi connectivity index (χ0) is 21.7. The molecule has 11 heteroatoms. The van der Waals surface area contributed by atoms with Gasteiger partial charge in [0.2, 0.25) is 27.7 Å². The van der Waals surface area contributed by atoms with Crippen LogP contribution in [0.15, 0.2) is 59.5 Å². The van der Waals surface area contributed by atoms with Gasteiger partial charge in [-0.2, -0.15) is 4.31 Å². The van der Waals surface area contributed by atoms with Crippen molar-refractivity contribution in [1.29, 1.82) is 0 Å². The minimum Gasteiger partial charge on any atom is -0.343 e. The molecule has 3 N–H and O–H groups in total. The molecule has 10 nitrogen and oxygen atoms in total. The monoisotopic (exact) mass is 430 g/mol. The van der Waals surface area contributed by atoms with E-state index in [2.05, 4.69) is 10.6 Å². The SMILES string of the molecule is O=C1CN(S(=O)(=O)c2ccc(NC(=O)CNC(=O)c3ccccc3)cc2)CC(=O)N1. The van der Waals surface area contributed by atoms with E-state index in [0.717, 1.165) is 4.31 Å². The fourth-order valence-corrected chi connectivity index (χ4v) is 4.05. The second-order valence-electron chi connectivity index (χ2n) is 6.37. The maximum Gasteiger partial charge on any atom is 0.251 e. The predicted molar refractivity (Wildman–Crippen MR) is 106 cm³/mol. The van der Waals surface area contributed by atoms with Crippen LogP contribution in [0.1, 0.15) is 10.4 Å². The molecule has 1 aliphatic heterocycles. The van der Waals surface area contributed by atoms with Crippen LogP contribution in [-0.4, -0.2) is 56.0 Å². The highest BCUT2D eigenvalue weighted by atomic mass is 32.2. The van der Waals surface area contributed by atoms with Crippen LogP contribution in [0.2, 0.25) is 0 Å². The van der Waals surface area contributed by atoms with Gasteiger partial charge in [-0.3, -0.25) is 24.5 Å². The van der Waals surface area contributed by atoms with Gasteiger partial charge in [0.25, 0.3) is 5.91 Å². The average molecular weight is 430 g/mol. The van der Waals surface area contributed by atoms with Crippen LogP contribution in [0.5, 0.6) is 0 Å². The zero-order valence-electron chi connectivity index (χ0n) is 15.6. The van der Waals surface area contributed by atoms with Crippen LogP contribution in [0.3, 0.4) is 0 Å². The number of carbonyl (C=O) groups is 4. The number of sulfonamides is 1. The molecule has 2 aromatic rings. The topological polar surface area (TPSA) is 142 Å². The second kappa shape index (κ2) is 8.84. The van der Waals surface area contributed by atoms with E-state index in [4.69, 9.17) is 0 Å². The van der Waals surface area contributed by atoms with Gasteiger partial charge in [0.15, 0.2) is 0 Å². The van der Waals surface area contributed by atoms with E-state index in [1.165, 1.54) is 24.3 Å². The Labute approximate surface area is 172 Å². The molecule has 1 aliphatic rings. The van der Waals surface area contributed by atoms with Gasteiger partial charge in [-0.15, -0.1) is 0 Å². The third-order valence-corrected chi connectivity index (χ3v) is 5.95. The molecule has 0 aliphatic carbocycles. The fraction of sp³-hybridized carbons (Fsp3) is 0.158. The Morgan fingerprint density at radius 2 is 1.53 bits per heavy atom. The van der Waals surface area contributed by atoms with Crippen molar-refractivity contribution in [2.45, 2.75) is 4.90 Å². The van der Waals surface area contributed by atoms with Crippen molar-refractivity contribution >= 4 is 39.3 Å². The third kappa shape index (κ3) is 5.07. The lowest BCUT2D eigenvalue weighted by Crippen LogP contribution is -2.53. The molecule has 0 bridgehead atoms. The lowest BCUT2D eigenvalue weighted by molar-refractivity contribution is -0.134. The van der Waals surface area contributed by atoms with E-state index >= 15 is 0 Å². The first-order chi connectivity index (χ1) is 14.3. The zero-order valence-corrected chi connectivity index (χ0v) is 16.4. The van der Waals surface area contributed by atoms with Gasteiger partial charge < -0.3 is 10.6 Å². The first-order valence-corrected chi connectivity index (χ1v) is 10.3. The van der Waals surface area contributed by atoms with Gasteiger partial charge in [0.1, 0.15) is 0 Å². The Bertz CT molecular complexity index is 1070. The van der Waals surface area contributed by atoms with E-state index in [1.807, 2.05) is 5.32 Å². The van der Waals surface area contributed by atoms with Crippen molar-refractivity contribution in [3.63, 3.8) is 0 Å². The average Bonchev–Trinajstić information content (AvgIpc) is 2.72. The molecule has 3 rings (SSSR count). The minimum absolute atomic E-state index is 0.125. The molecule has 1 fully saturated rings. The Kier molecular flexibility index (Phi) is 6.23. The van der Waals surface area contributed by atoms with Gasteiger partial charge in [-0.1, -0.05) is 18.2 Å². The van der Waals surface area contributed by atoms with Gasteiger partial charge in [0, 0.05) is 11.3 Å². The van der Waals surface area contributed by atoms with E-state index in [-0.39, 0.29) is 11.4 Å². The molecule has 0 unspecified atom stereocenters. The highest BCUT2D eigenvalue weighted by Crippen LogP contribution is 2.19. The summed E-state index contributed by atoms with van der Waals surface area (Å²) in [6.45, 7) is -1.17. The van der Waals surface area contributed by atoms with Crippen LogP contribution < -0.4 is 16.0 Å². The fourth-order valence-electron chi connectivity index (χ4n) is 2.70. The van der Waals surface area contributed by atoms with Gasteiger partial charge in [0.05, 0.1) is 24.5 Å². The Morgan fingerprint density at radius 1 is 0.933 bits per heavy atom. The summed E-state index contributed by atoms with van der Waals surface area (Å²) in [5, 5.41) is 7.06. The molecule has 0 saturated carbocycles. The molecule has 0 atom stereocenters. The van der Waals surface area contributed by atoms with E-state index in [9.17, 15) is 27.6 Å². The van der Waals surface area contributed by atoms with Gasteiger partial charge >= 0.3 is 0 Å². The molecular formula is C19H18N4O6S. The second-order valence-corrected chi connectivity index (χ2v) is 8.30. The molecule has 30 heavy (non-hydrogen) atoms. The summed E-state index contributed by atoms with van der Waals surface area (Å²) in [7, 11) is -4.04. The summed E-state index contributed by atoms with van der Waals surface area (Å²) in [5.41, 5.74) is 0.741. The molecule has 1 saturated heterocycles. The summed E-state index contributed by atoms with van der Waals surface area (Å²) in [4.78, 5) is 46.7. The molecular weight excluding hydrogens is 412 g/mol. The number of rotatable bonds is 6. The van der Waals surface area contributed by atoms with Crippen molar-refractivity contribution in [1.82, 2.24) is 14.9 Å². The summed E-state index contributed by atoms with van der Waals surface area (Å²) < 4.78 is 25.9. The van der Waals surface area contributed by atoms with Crippen molar-refractivity contribution < 1.29 is 27.6 Å². The molecule has 0 radical (unpaired) electrons. The van der Waals surface area contributed by atoms with Gasteiger partial charge in [-0.25, -0.2) is 8.42 Å². The van der Waals surface area contributed by atoms with Crippen molar-refractivity contribution in [3.05, 3.63) is 60.2 Å². The normalized spacial score (nSPS) is 14.7. The number of piperazine rings is 1. The summed E-state index contributed by atoms with van der Waals surface area (Å²) in [6, 6.07) is 13.7. The molecule has 4 amide bonds. The summed E-state index contributed by atoms with van der Waals surface area (Å²) >= 11 is 0. The Morgan fingerprint density at radius 3 is 2.13 bits per heavy atom. The number of hydrogen-bond acceptors (Lipinski definition) is 6. The number of anilines is 1. The molecule has 0 aromatic heterocycles. The molecule has 1 heterocycles. The van der Waals surface area contributed by atoms with Crippen molar-refractivity contribution in [2.24, 2.45) is 0 Å². The maximum absolute atomic E-state index is 12.6. The minimum atomic E-state index is -4.04. The summed E-state index contributed by atoms with van der Waals surface area (Å²) in [5.74, 6) is -2.28. The quantitative estimate of drug-likeness (QED) is 0.538. The highest BCUT2D eigenvalue weighted by Gasteiger charge is 2.32. The van der Waals surface area contributed by atoms with E-state index < -0.39 is 46.7 Å². The lowest BCUT2D eigenvalue weighted by atomic mass is 10.2. The molecule has 2 aromatic carbocycles. The number of nitrogens with one attached hydrogen (secondary N) is 3.